The Labute approximate surface area is 101 Å². The Morgan fingerprint density at radius 2 is 2.47 bits per heavy atom. The molecular weight excluding hydrogens is 218 g/mol. The molecule has 5 heteroatoms. The van der Waals surface area contributed by atoms with Gasteiger partial charge in [0.15, 0.2) is 0 Å². The van der Waals surface area contributed by atoms with E-state index in [-0.39, 0.29) is 12.0 Å². The molecule has 92 valence electrons. The second-order valence-corrected chi connectivity index (χ2v) is 4.10. The van der Waals surface area contributed by atoms with E-state index in [0.29, 0.717) is 25.3 Å². The Hall–Kier alpha value is -1.62. The minimum absolute atomic E-state index is 0.0117. The van der Waals surface area contributed by atoms with E-state index in [1.54, 1.807) is 25.5 Å². The lowest BCUT2D eigenvalue weighted by molar-refractivity contribution is -0.0124. The molecule has 2 heterocycles. The Balaban J connectivity index is 2.18. The van der Waals surface area contributed by atoms with Crippen LogP contribution >= 0.6 is 0 Å². The summed E-state index contributed by atoms with van der Waals surface area (Å²) >= 11 is 0. The van der Waals surface area contributed by atoms with E-state index in [1.807, 2.05) is 11.8 Å². The van der Waals surface area contributed by atoms with Crippen LogP contribution < -0.4 is 5.32 Å². The van der Waals surface area contributed by atoms with Gasteiger partial charge >= 0.3 is 0 Å². The minimum Gasteiger partial charge on any atom is -0.387 e. The summed E-state index contributed by atoms with van der Waals surface area (Å²) in [4.78, 5) is 18.1. The zero-order valence-corrected chi connectivity index (χ0v) is 10.1. The van der Waals surface area contributed by atoms with Crippen molar-refractivity contribution in [2.24, 2.45) is 0 Å². The third-order valence-corrected chi connectivity index (χ3v) is 2.85. The van der Waals surface area contributed by atoms with Crippen molar-refractivity contribution >= 4 is 11.6 Å². The maximum atomic E-state index is 12.3. The van der Waals surface area contributed by atoms with Crippen molar-refractivity contribution in [3.63, 3.8) is 0 Å². The normalized spacial score (nSPS) is 20.1. The lowest BCUT2D eigenvalue weighted by Gasteiger charge is -2.31. The quantitative estimate of drug-likeness (QED) is 0.830. The molecule has 0 saturated carbocycles. The molecule has 17 heavy (non-hydrogen) atoms. The predicted molar refractivity (Wildman–Crippen MR) is 65.1 cm³/mol. The number of carbonyl (C=O) groups excluding carboxylic acids is 1. The largest absolute Gasteiger partial charge is 0.387 e. The molecule has 0 bridgehead atoms. The van der Waals surface area contributed by atoms with Crippen LogP contribution in [-0.4, -0.2) is 48.6 Å². The van der Waals surface area contributed by atoms with Gasteiger partial charge in [0.2, 0.25) is 0 Å². The van der Waals surface area contributed by atoms with Gasteiger partial charge in [-0.15, -0.1) is 0 Å². The standard InChI is InChI=1S/C12H17N3O2/c1-9-8-15(5-6-17-9)12(16)10-7-14-4-3-11(10)13-2/h3-4,7,9H,5-6,8H2,1-2H3,(H,13,14). The first kappa shape index (κ1) is 11.9. The molecule has 1 aromatic heterocycles. The number of nitrogens with zero attached hydrogens (tertiary/aromatic N) is 2. The van der Waals surface area contributed by atoms with Crippen molar-refractivity contribution < 1.29 is 9.53 Å². The maximum Gasteiger partial charge on any atom is 0.257 e. The van der Waals surface area contributed by atoms with Gasteiger partial charge in [-0.3, -0.25) is 9.78 Å². The van der Waals surface area contributed by atoms with Crippen molar-refractivity contribution in [1.82, 2.24) is 9.88 Å². The topological polar surface area (TPSA) is 54.5 Å². The van der Waals surface area contributed by atoms with Gasteiger partial charge < -0.3 is 15.0 Å². The molecule has 0 aliphatic carbocycles. The van der Waals surface area contributed by atoms with Crippen molar-refractivity contribution in [1.29, 1.82) is 0 Å². The van der Waals surface area contributed by atoms with Crippen LogP contribution in [0.2, 0.25) is 0 Å². The Kier molecular flexibility index (Phi) is 3.58. The van der Waals surface area contributed by atoms with E-state index in [4.69, 9.17) is 4.74 Å². The number of hydrogen-bond acceptors (Lipinski definition) is 4. The molecule has 0 spiro atoms. The zero-order valence-electron chi connectivity index (χ0n) is 10.1. The molecule has 0 radical (unpaired) electrons. The van der Waals surface area contributed by atoms with Crippen LogP contribution in [0.4, 0.5) is 5.69 Å². The van der Waals surface area contributed by atoms with Gasteiger partial charge in [0.25, 0.3) is 5.91 Å². The van der Waals surface area contributed by atoms with Crippen molar-refractivity contribution in [3.05, 3.63) is 24.0 Å². The first-order chi connectivity index (χ1) is 8.22. The fourth-order valence-electron chi connectivity index (χ4n) is 1.96. The SMILES string of the molecule is CNc1ccncc1C(=O)N1CCOC(C)C1. The second kappa shape index (κ2) is 5.14. The first-order valence-corrected chi connectivity index (χ1v) is 5.75. The Morgan fingerprint density at radius 1 is 1.65 bits per heavy atom. The number of amides is 1. The Morgan fingerprint density at radius 3 is 3.18 bits per heavy atom. The number of aromatic nitrogens is 1. The van der Waals surface area contributed by atoms with E-state index in [9.17, 15) is 4.79 Å². The van der Waals surface area contributed by atoms with Crippen LogP contribution in [0, 0.1) is 0 Å². The van der Waals surface area contributed by atoms with Crippen molar-refractivity contribution in [3.8, 4) is 0 Å². The van der Waals surface area contributed by atoms with E-state index >= 15 is 0 Å². The van der Waals surface area contributed by atoms with Gasteiger partial charge in [-0.05, 0) is 13.0 Å². The highest BCUT2D eigenvalue weighted by molar-refractivity contribution is 5.99. The molecule has 1 fully saturated rings. The Bertz CT molecular complexity index is 408. The molecule has 5 nitrogen and oxygen atoms in total. The highest BCUT2D eigenvalue weighted by Crippen LogP contribution is 2.17. The van der Waals surface area contributed by atoms with E-state index < -0.39 is 0 Å². The van der Waals surface area contributed by atoms with Crippen LogP contribution in [0.3, 0.4) is 0 Å². The summed E-state index contributed by atoms with van der Waals surface area (Å²) in [6, 6.07) is 1.80. The van der Waals surface area contributed by atoms with Gasteiger partial charge in [-0.25, -0.2) is 0 Å². The van der Waals surface area contributed by atoms with Gasteiger partial charge in [0.1, 0.15) is 0 Å². The molecule has 1 atom stereocenters. The van der Waals surface area contributed by atoms with E-state index in [1.165, 1.54) is 0 Å². The molecule has 1 unspecified atom stereocenters. The number of pyridine rings is 1. The number of carbonyl (C=O) groups is 1. The number of ether oxygens (including phenoxy) is 1. The number of rotatable bonds is 2. The molecule has 1 aromatic rings. The predicted octanol–water partition coefficient (Wildman–Crippen LogP) is 0.984. The molecule has 1 saturated heterocycles. The average molecular weight is 235 g/mol. The first-order valence-electron chi connectivity index (χ1n) is 5.75. The van der Waals surface area contributed by atoms with Crippen LogP contribution in [0.25, 0.3) is 0 Å². The van der Waals surface area contributed by atoms with E-state index in [2.05, 4.69) is 10.3 Å². The lowest BCUT2D eigenvalue weighted by Crippen LogP contribution is -2.44. The highest BCUT2D eigenvalue weighted by Gasteiger charge is 2.24. The number of anilines is 1. The van der Waals surface area contributed by atoms with Crippen LogP contribution in [-0.2, 0) is 4.74 Å². The average Bonchev–Trinajstić information content (AvgIpc) is 2.38. The fraction of sp³-hybridized carbons (Fsp3) is 0.500. The van der Waals surface area contributed by atoms with Gasteiger partial charge in [0, 0.05) is 38.2 Å². The molecule has 2 rings (SSSR count). The summed E-state index contributed by atoms with van der Waals surface area (Å²) in [6.07, 6.45) is 3.38. The third kappa shape index (κ3) is 2.55. The molecule has 1 amide bonds. The molecule has 0 aromatic carbocycles. The summed E-state index contributed by atoms with van der Waals surface area (Å²) < 4.78 is 5.43. The van der Waals surface area contributed by atoms with Gasteiger partial charge in [-0.2, -0.15) is 0 Å². The van der Waals surface area contributed by atoms with E-state index in [0.717, 1.165) is 5.69 Å². The molecular formula is C12H17N3O2. The molecule has 1 aliphatic heterocycles. The summed E-state index contributed by atoms with van der Waals surface area (Å²) in [5.74, 6) is 0.0117. The second-order valence-electron chi connectivity index (χ2n) is 4.10. The summed E-state index contributed by atoms with van der Waals surface area (Å²) in [7, 11) is 1.80. The lowest BCUT2D eigenvalue weighted by atomic mass is 10.2. The minimum atomic E-state index is 0.0117. The van der Waals surface area contributed by atoms with Gasteiger partial charge in [-0.1, -0.05) is 0 Å². The molecule has 1 aliphatic rings. The van der Waals surface area contributed by atoms with Crippen LogP contribution in [0.1, 0.15) is 17.3 Å². The highest BCUT2D eigenvalue weighted by atomic mass is 16.5. The van der Waals surface area contributed by atoms with Crippen LogP contribution in [0.5, 0.6) is 0 Å². The van der Waals surface area contributed by atoms with Crippen molar-refractivity contribution in [2.45, 2.75) is 13.0 Å². The molecule has 1 N–H and O–H groups in total. The summed E-state index contributed by atoms with van der Waals surface area (Å²) in [5.41, 5.74) is 1.42. The number of morpholine rings is 1. The monoisotopic (exact) mass is 235 g/mol. The third-order valence-electron chi connectivity index (χ3n) is 2.85. The van der Waals surface area contributed by atoms with Gasteiger partial charge in [0.05, 0.1) is 18.3 Å². The number of hydrogen-bond donors (Lipinski definition) is 1. The fourth-order valence-corrected chi connectivity index (χ4v) is 1.96. The zero-order chi connectivity index (χ0) is 12.3. The smallest absolute Gasteiger partial charge is 0.257 e. The maximum absolute atomic E-state index is 12.3. The number of nitrogens with one attached hydrogen (secondary N) is 1. The summed E-state index contributed by atoms with van der Waals surface area (Å²) in [5, 5.41) is 3.01. The summed E-state index contributed by atoms with van der Waals surface area (Å²) in [6.45, 7) is 3.85. The van der Waals surface area contributed by atoms with Crippen LogP contribution in [0.15, 0.2) is 18.5 Å². The van der Waals surface area contributed by atoms with Crippen molar-refractivity contribution in [2.75, 3.05) is 32.1 Å².